The van der Waals surface area contributed by atoms with Gasteiger partial charge in [-0.15, -0.1) is 0 Å². The molecule has 20 heavy (non-hydrogen) atoms. The van der Waals surface area contributed by atoms with Gasteiger partial charge in [-0.1, -0.05) is 6.42 Å². The summed E-state index contributed by atoms with van der Waals surface area (Å²) in [5.41, 5.74) is -0.330. The normalized spacial score (nSPS) is 16.4. The van der Waals surface area contributed by atoms with Gasteiger partial charge in [-0.3, -0.25) is 4.79 Å². The number of Topliss-reactive ketones (excluding diaryl/α,β-unsaturated/α-hetero) is 1. The fourth-order valence-corrected chi connectivity index (χ4v) is 2.90. The number of fused-ring (bicyclic) bond motifs is 1. The van der Waals surface area contributed by atoms with Gasteiger partial charge in [-0.2, -0.15) is 13.2 Å². The van der Waals surface area contributed by atoms with Gasteiger partial charge in [0.1, 0.15) is 11.5 Å². The zero-order valence-electron chi connectivity index (χ0n) is 10.2. The molecule has 0 unspecified atom stereocenters. The molecule has 1 aliphatic carbocycles. The van der Waals surface area contributed by atoms with Crippen molar-refractivity contribution in [2.75, 3.05) is 0 Å². The summed E-state index contributed by atoms with van der Waals surface area (Å²) < 4.78 is 40.1. The number of ketones is 1. The van der Waals surface area contributed by atoms with E-state index in [4.69, 9.17) is 0 Å². The second-order valence-electron chi connectivity index (χ2n) is 4.85. The van der Waals surface area contributed by atoms with Gasteiger partial charge in [0, 0.05) is 16.6 Å². The molecule has 0 saturated heterocycles. The van der Waals surface area contributed by atoms with Crippen molar-refractivity contribution < 1.29 is 18.0 Å². The van der Waals surface area contributed by atoms with Crippen LogP contribution >= 0.6 is 15.9 Å². The molecule has 0 atom stereocenters. The summed E-state index contributed by atoms with van der Waals surface area (Å²) in [6, 6.07) is 3.32. The Morgan fingerprint density at radius 2 is 2.10 bits per heavy atom. The lowest BCUT2D eigenvalue weighted by Crippen LogP contribution is -2.23. The number of halogens is 4. The highest BCUT2D eigenvalue weighted by Gasteiger charge is 2.43. The van der Waals surface area contributed by atoms with E-state index in [1.165, 1.54) is 0 Å². The summed E-state index contributed by atoms with van der Waals surface area (Å²) in [4.78, 5) is 15.6. The van der Waals surface area contributed by atoms with Crippen LogP contribution in [0.3, 0.4) is 0 Å². The van der Waals surface area contributed by atoms with E-state index in [2.05, 4.69) is 20.9 Å². The number of rotatable bonds is 2. The zero-order chi connectivity index (χ0) is 14.5. The van der Waals surface area contributed by atoms with E-state index in [-0.39, 0.29) is 11.4 Å². The molecule has 106 valence electrons. The van der Waals surface area contributed by atoms with E-state index in [0.29, 0.717) is 10.3 Å². The summed E-state index contributed by atoms with van der Waals surface area (Å²) in [6.07, 6.45) is -0.443. The number of hydrogen-bond acceptors (Lipinski definition) is 2. The minimum Gasteiger partial charge on any atom is -0.302 e. The predicted octanol–water partition coefficient (Wildman–Crippen LogP) is 4.11. The summed E-state index contributed by atoms with van der Waals surface area (Å²) in [5, 5.41) is 0. The molecular weight excluding hydrogens is 337 g/mol. The fraction of sp³-hybridized carbons (Fsp3) is 0.385. The SMILES string of the molecule is O=C(c1nc(C2CCC2)n2cccc(Br)c12)C(F)(F)F. The molecular formula is C13H10BrF3N2O. The number of imidazole rings is 1. The number of alkyl halides is 3. The van der Waals surface area contributed by atoms with Crippen molar-refractivity contribution in [2.45, 2.75) is 31.4 Å². The van der Waals surface area contributed by atoms with Crippen LogP contribution in [0.15, 0.2) is 22.8 Å². The van der Waals surface area contributed by atoms with Crippen molar-refractivity contribution in [1.82, 2.24) is 9.38 Å². The Bertz CT molecular complexity index is 689. The van der Waals surface area contributed by atoms with E-state index in [1.54, 1.807) is 22.7 Å². The molecule has 2 aromatic rings. The first-order valence-corrected chi connectivity index (χ1v) is 6.97. The first-order valence-electron chi connectivity index (χ1n) is 6.17. The fourth-order valence-electron chi connectivity index (χ4n) is 2.37. The monoisotopic (exact) mass is 346 g/mol. The molecule has 0 radical (unpaired) electrons. The summed E-state index contributed by atoms with van der Waals surface area (Å²) in [7, 11) is 0. The predicted molar refractivity (Wildman–Crippen MR) is 69.9 cm³/mol. The van der Waals surface area contributed by atoms with Crippen molar-refractivity contribution >= 4 is 27.2 Å². The largest absolute Gasteiger partial charge is 0.456 e. The molecule has 0 aliphatic heterocycles. The van der Waals surface area contributed by atoms with Crippen molar-refractivity contribution in [3.8, 4) is 0 Å². The van der Waals surface area contributed by atoms with Gasteiger partial charge in [-0.05, 0) is 40.9 Å². The van der Waals surface area contributed by atoms with Crippen LogP contribution in [0.1, 0.15) is 41.5 Å². The minimum absolute atomic E-state index is 0.131. The second-order valence-corrected chi connectivity index (χ2v) is 5.70. The highest BCUT2D eigenvalue weighted by atomic mass is 79.9. The average Bonchev–Trinajstić information content (AvgIpc) is 2.66. The maximum Gasteiger partial charge on any atom is 0.456 e. The number of pyridine rings is 1. The Morgan fingerprint density at radius 1 is 1.40 bits per heavy atom. The molecule has 0 aromatic carbocycles. The van der Waals surface area contributed by atoms with E-state index in [1.807, 2.05) is 0 Å². The lowest BCUT2D eigenvalue weighted by Gasteiger charge is -2.23. The number of nitrogens with zero attached hydrogens (tertiary/aromatic N) is 2. The molecule has 7 heteroatoms. The topological polar surface area (TPSA) is 34.4 Å². The van der Waals surface area contributed by atoms with Crippen molar-refractivity contribution in [3.63, 3.8) is 0 Å². The van der Waals surface area contributed by atoms with Gasteiger partial charge in [0.15, 0.2) is 0 Å². The quantitative estimate of drug-likeness (QED) is 0.767. The van der Waals surface area contributed by atoms with Crippen molar-refractivity contribution in [3.05, 3.63) is 34.3 Å². The van der Waals surface area contributed by atoms with Crippen LogP contribution in [0.4, 0.5) is 13.2 Å². The van der Waals surface area contributed by atoms with Gasteiger partial charge in [0.2, 0.25) is 0 Å². The Hall–Kier alpha value is -1.37. The molecule has 2 heterocycles. The van der Waals surface area contributed by atoms with Crippen LogP contribution in [0, 0.1) is 0 Å². The smallest absolute Gasteiger partial charge is 0.302 e. The van der Waals surface area contributed by atoms with Crippen LogP contribution < -0.4 is 0 Å². The third-order valence-corrected chi connectivity index (χ3v) is 4.23. The molecule has 2 aromatic heterocycles. The van der Waals surface area contributed by atoms with E-state index in [0.717, 1.165) is 19.3 Å². The lowest BCUT2D eigenvalue weighted by molar-refractivity contribution is -0.0887. The zero-order valence-corrected chi connectivity index (χ0v) is 11.8. The molecule has 0 spiro atoms. The molecule has 1 saturated carbocycles. The standard InChI is InChI=1S/C13H10BrF3N2O/c14-8-5-2-6-19-10(8)9(11(20)13(15,16)17)18-12(19)7-3-1-4-7/h2,5-7H,1,3-4H2. The Labute approximate surface area is 120 Å². The van der Waals surface area contributed by atoms with Gasteiger partial charge >= 0.3 is 6.18 Å². The highest BCUT2D eigenvalue weighted by molar-refractivity contribution is 9.10. The summed E-state index contributed by atoms with van der Waals surface area (Å²) >= 11 is 3.20. The first kappa shape index (κ1) is 13.6. The molecule has 3 rings (SSSR count). The van der Waals surface area contributed by atoms with Crippen molar-refractivity contribution in [1.29, 1.82) is 0 Å². The number of carbonyl (C=O) groups excluding carboxylic acids is 1. The molecule has 1 fully saturated rings. The molecule has 1 aliphatic rings. The van der Waals surface area contributed by atoms with Crippen LogP contribution in [0.25, 0.3) is 5.52 Å². The molecule has 3 nitrogen and oxygen atoms in total. The van der Waals surface area contributed by atoms with Gasteiger partial charge < -0.3 is 4.40 Å². The number of carbonyl (C=O) groups is 1. The summed E-state index contributed by atoms with van der Waals surface area (Å²) in [5.74, 6) is -1.22. The Kier molecular flexibility index (Phi) is 3.12. The minimum atomic E-state index is -4.92. The molecule has 0 N–H and O–H groups in total. The average molecular weight is 347 g/mol. The number of aromatic nitrogens is 2. The third-order valence-electron chi connectivity index (χ3n) is 3.59. The highest BCUT2D eigenvalue weighted by Crippen LogP contribution is 2.38. The van der Waals surface area contributed by atoms with Crippen LogP contribution in [0.2, 0.25) is 0 Å². The summed E-state index contributed by atoms with van der Waals surface area (Å²) in [6.45, 7) is 0. The van der Waals surface area contributed by atoms with Gasteiger partial charge in [0.05, 0.1) is 5.52 Å². The van der Waals surface area contributed by atoms with E-state index < -0.39 is 17.7 Å². The second kappa shape index (κ2) is 4.58. The Morgan fingerprint density at radius 3 is 2.65 bits per heavy atom. The molecule has 0 bridgehead atoms. The van der Waals surface area contributed by atoms with Crippen molar-refractivity contribution in [2.24, 2.45) is 0 Å². The molecule has 0 amide bonds. The van der Waals surface area contributed by atoms with Crippen LogP contribution in [0.5, 0.6) is 0 Å². The van der Waals surface area contributed by atoms with E-state index in [9.17, 15) is 18.0 Å². The van der Waals surface area contributed by atoms with Gasteiger partial charge in [-0.25, -0.2) is 4.98 Å². The maximum absolute atomic E-state index is 12.7. The maximum atomic E-state index is 12.7. The van der Waals surface area contributed by atoms with E-state index >= 15 is 0 Å². The lowest BCUT2D eigenvalue weighted by atomic mass is 9.85. The Balaban J connectivity index is 2.24. The first-order chi connectivity index (χ1) is 9.39. The van der Waals surface area contributed by atoms with Gasteiger partial charge in [0.25, 0.3) is 5.78 Å². The number of hydrogen-bond donors (Lipinski definition) is 0. The van der Waals surface area contributed by atoms with Crippen LogP contribution in [-0.2, 0) is 0 Å². The third kappa shape index (κ3) is 2.04. The van der Waals surface area contributed by atoms with Crippen LogP contribution in [-0.4, -0.2) is 21.3 Å².